The fourth-order valence-corrected chi connectivity index (χ4v) is 3.74. The highest BCUT2D eigenvalue weighted by molar-refractivity contribution is 5.94. The van der Waals surface area contributed by atoms with Crippen LogP contribution in [0.3, 0.4) is 0 Å². The number of rotatable bonds is 4. The van der Waals surface area contributed by atoms with E-state index < -0.39 is 0 Å². The van der Waals surface area contributed by atoms with Crippen LogP contribution in [-0.2, 0) is 0 Å². The molecule has 4 rings (SSSR count). The van der Waals surface area contributed by atoms with Gasteiger partial charge in [-0.15, -0.1) is 0 Å². The predicted octanol–water partition coefficient (Wildman–Crippen LogP) is 4.76. The number of nitrogens with one attached hydrogen (secondary N) is 1. The van der Waals surface area contributed by atoms with Crippen LogP contribution in [0.5, 0.6) is 0 Å². The van der Waals surface area contributed by atoms with E-state index in [4.69, 9.17) is 4.99 Å². The average Bonchev–Trinajstić information content (AvgIpc) is 2.77. The van der Waals surface area contributed by atoms with E-state index in [0.717, 1.165) is 37.7 Å². The SMILES string of the molecule is Cc1ccc(N=C(C(c2ccccc2)c2ccccc2)N2CCNCC2)cc1. The van der Waals surface area contributed by atoms with Gasteiger partial charge in [-0.05, 0) is 30.2 Å². The molecule has 0 unspecified atom stereocenters. The van der Waals surface area contributed by atoms with Crippen LogP contribution in [0.1, 0.15) is 22.6 Å². The molecule has 142 valence electrons. The molecule has 3 nitrogen and oxygen atoms in total. The van der Waals surface area contributed by atoms with Crippen molar-refractivity contribution in [3.8, 4) is 0 Å². The highest BCUT2D eigenvalue weighted by Gasteiger charge is 2.26. The van der Waals surface area contributed by atoms with Crippen molar-refractivity contribution in [1.29, 1.82) is 0 Å². The van der Waals surface area contributed by atoms with E-state index in [0.29, 0.717) is 0 Å². The van der Waals surface area contributed by atoms with E-state index in [2.05, 4.69) is 102 Å². The van der Waals surface area contributed by atoms with Crippen LogP contribution in [0.4, 0.5) is 5.69 Å². The maximum absolute atomic E-state index is 5.19. The number of hydrogen-bond acceptors (Lipinski definition) is 2. The molecule has 1 saturated heterocycles. The zero-order valence-electron chi connectivity index (χ0n) is 16.4. The summed E-state index contributed by atoms with van der Waals surface area (Å²) in [5.74, 6) is 1.24. The number of aryl methyl sites for hydroxylation is 1. The number of nitrogens with zero attached hydrogens (tertiary/aromatic N) is 2. The molecule has 0 radical (unpaired) electrons. The van der Waals surface area contributed by atoms with Gasteiger partial charge in [0.1, 0.15) is 5.84 Å². The number of piperazine rings is 1. The molecule has 3 aromatic carbocycles. The fourth-order valence-electron chi connectivity index (χ4n) is 3.74. The van der Waals surface area contributed by atoms with Gasteiger partial charge in [0.15, 0.2) is 0 Å². The Kier molecular flexibility index (Phi) is 5.83. The maximum Gasteiger partial charge on any atom is 0.117 e. The Labute approximate surface area is 167 Å². The van der Waals surface area contributed by atoms with Gasteiger partial charge >= 0.3 is 0 Å². The normalized spacial score (nSPS) is 15.1. The topological polar surface area (TPSA) is 27.6 Å². The molecule has 1 heterocycles. The van der Waals surface area contributed by atoms with Crippen LogP contribution < -0.4 is 5.32 Å². The molecule has 1 aliphatic heterocycles. The van der Waals surface area contributed by atoms with Crippen LogP contribution in [-0.4, -0.2) is 36.9 Å². The molecule has 3 heteroatoms. The molecule has 0 amide bonds. The van der Waals surface area contributed by atoms with Gasteiger partial charge in [0.05, 0.1) is 11.6 Å². The van der Waals surface area contributed by atoms with Crippen LogP contribution in [0.25, 0.3) is 0 Å². The summed E-state index contributed by atoms with van der Waals surface area (Å²) in [6, 6.07) is 30.0. The minimum atomic E-state index is 0.113. The Hall–Kier alpha value is -2.91. The van der Waals surface area contributed by atoms with Crippen molar-refractivity contribution in [3.05, 3.63) is 102 Å². The standard InChI is InChI=1S/C25H27N3/c1-20-12-14-23(15-13-20)27-25(28-18-16-26-17-19-28)24(21-8-4-2-5-9-21)22-10-6-3-7-11-22/h2-15,24,26H,16-19H2,1H3. The molecule has 3 aromatic rings. The molecule has 1 aliphatic rings. The van der Waals surface area contributed by atoms with Gasteiger partial charge in [0.2, 0.25) is 0 Å². The van der Waals surface area contributed by atoms with Crippen molar-refractivity contribution in [2.24, 2.45) is 4.99 Å². The summed E-state index contributed by atoms with van der Waals surface area (Å²) in [5, 5.41) is 3.46. The molecule has 0 bridgehead atoms. The van der Waals surface area contributed by atoms with E-state index in [1.807, 2.05) is 0 Å². The first kappa shape index (κ1) is 18.5. The second-order valence-corrected chi connectivity index (χ2v) is 7.30. The lowest BCUT2D eigenvalue weighted by atomic mass is 9.89. The summed E-state index contributed by atoms with van der Waals surface area (Å²) in [5.41, 5.74) is 4.82. The average molecular weight is 370 g/mol. The highest BCUT2D eigenvalue weighted by Crippen LogP contribution is 2.30. The van der Waals surface area contributed by atoms with Gasteiger partial charge in [-0.25, -0.2) is 4.99 Å². The lowest BCUT2D eigenvalue weighted by Crippen LogP contribution is -2.48. The Morgan fingerprint density at radius 1 is 0.786 bits per heavy atom. The quantitative estimate of drug-likeness (QED) is 0.530. The minimum absolute atomic E-state index is 0.113. The highest BCUT2D eigenvalue weighted by atomic mass is 15.2. The number of benzene rings is 3. The van der Waals surface area contributed by atoms with Gasteiger partial charge in [-0.2, -0.15) is 0 Å². The summed E-state index contributed by atoms with van der Waals surface area (Å²) in [6.07, 6.45) is 0. The van der Waals surface area contributed by atoms with Gasteiger partial charge in [0, 0.05) is 26.2 Å². The molecule has 0 atom stereocenters. The summed E-state index contributed by atoms with van der Waals surface area (Å²) in [7, 11) is 0. The zero-order valence-corrected chi connectivity index (χ0v) is 16.4. The largest absolute Gasteiger partial charge is 0.357 e. The van der Waals surface area contributed by atoms with Crippen molar-refractivity contribution in [2.45, 2.75) is 12.8 Å². The van der Waals surface area contributed by atoms with Crippen molar-refractivity contribution in [1.82, 2.24) is 10.2 Å². The van der Waals surface area contributed by atoms with Gasteiger partial charge in [-0.3, -0.25) is 0 Å². The van der Waals surface area contributed by atoms with Gasteiger partial charge in [-0.1, -0.05) is 78.4 Å². The number of hydrogen-bond donors (Lipinski definition) is 1. The van der Waals surface area contributed by atoms with E-state index in [1.54, 1.807) is 0 Å². The number of amidine groups is 1. The molecular formula is C25H27N3. The lowest BCUT2D eigenvalue weighted by molar-refractivity contribution is 0.350. The Morgan fingerprint density at radius 3 is 1.86 bits per heavy atom. The summed E-state index contributed by atoms with van der Waals surface area (Å²) >= 11 is 0. The Balaban J connectivity index is 1.84. The van der Waals surface area contributed by atoms with E-state index >= 15 is 0 Å². The zero-order chi connectivity index (χ0) is 19.2. The van der Waals surface area contributed by atoms with Crippen molar-refractivity contribution in [2.75, 3.05) is 26.2 Å². The molecule has 0 aromatic heterocycles. The monoisotopic (exact) mass is 369 g/mol. The van der Waals surface area contributed by atoms with E-state index in [1.165, 1.54) is 16.7 Å². The maximum atomic E-state index is 5.19. The summed E-state index contributed by atoms with van der Waals surface area (Å²) in [4.78, 5) is 7.64. The van der Waals surface area contributed by atoms with Crippen LogP contribution in [0, 0.1) is 6.92 Å². The van der Waals surface area contributed by atoms with Gasteiger partial charge in [0.25, 0.3) is 0 Å². The predicted molar refractivity (Wildman–Crippen MR) is 117 cm³/mol. The van der Waals surface area contributed by atoms with Crippen LogP contribution in [0.15, 0.2) is 89.9 Å². The third kappa shape index (κ3) is 4.32. The molecule has 0 spiro atoms. The first-order valence-electron chi connectivity index (χ1n) is 10.0. The third-order valence-corrected chi connectivity index (χ3v) is 5.24. The van der Waals surface area contributed by atoms with Crippen LogP contribution in [0.2, 0.25) is 0 Å². The molecule has 1 N–H and O–H groups in total. The molecule has 0 saturated carbocycles. The van der Waals surface area contributed by atoms with Crippen molar-refractivity contribution >= 4 is 11.5 Å². The van der Waals surface area contributed by atoms with Crippen molar-refractivity contribution < 1.29 is 0 Å². The lowest BCUT2D eigenvalue weighted by Gasteiger charge is -2.35. The number of aliphatic imine (C=N–C) groups is 1. The molecule has 28 heavy (non-hydrogen) atoms. The second kappa shape index (κ2) is 8.85. The first-order valence-corrected chi connectivity index (χ1v) is 10.0. The molecule has 0 aliphatic carbocycles. The molecule has 1 fully saturated rings. The Morgan fingerprint density at radius 2 is 1.32 bits per heavy atom. The summed E-state index contributed by atoms with van der Waals surface area (Å²) in [6.45, 7) is 6.04. The fraction of sp³-hybridized carbons (Fsp3) is 0.240. The minimum Gasteiger partial charge on any atom is -0.357 e. The van der Waals surface area contributed by atoms with E-state index in [-0.39, 0.29) is 5.92 Å². The summed E-state index contributed by atoms with van der Waals surface area (Å²) < 4.78 is 0. The second-order valence-electron chi connectivity index (χ2n) is 7.30. The smallest absolute Gasteiger partial charge is 0.117 e. The third-order valence-electron chi connectivity index (χ3n) is 5.24. The van der Waals surface area contributed by atoms with E-state index in [9.17, 15) is 0 Å². The Bertz CT molecular complexity index is 856. The van der Waals surface area contributed by atoms with Crippen molar-refractivity contribution in [3.63, 3.8) is 0 Å². The van der Waals surface area contributed by atoms with Gasteiger partial charge < -0.3 is 10.2 Å². The first-order chi connectivity index (χ1) is 13.8. The van der Waals surface area contributed by atoms with Crippen LogP contribution >= 0.6 is 0 Å². The molecular weight excluding hydrogens is 342 g/mol.